The van der Waals surface area contributed by atoms with Gasteiger partial charge in [-0.2, -0.15) is 0 Å². The monoisotopic (exact) mass is 249 g/mol. The van der Waals surface area contributed by atoms with Gasteiger partial charge in [0.25, 0.3) is 0 Å². The highest BCUT2D eigenvalue weighted by molar-refractivity contribution is 5.48. The van der Waals surface area contributed by atoms with E-state index in [2.05, 4.69) is 17.0 Å². The average Bonchev–Trinajstić information content (AvgIpc) is 2.33. The molecule has 96 valence electrons. The summed E-state index contributed by atoms with van der Waals surface area (Å²) >= 11 is 0. The van der Waals surface area contributed by atoms with Crippen molar-refractivity contribution in [3.05, 3.63) is 54.5 Å². The average molecular weight is 249 g/mol. The van der Waals surface area contributed by atoms with Crippen molar-refractivity contribution in [1.29, 1.82) is 0 Å². The highest BCUT2D eigenvalue weighted by atomic mass is 19.1. The van der Waals surface area contributed by atoms with Crippen LogP contribution in [0, 0.1) is 6.92 Å². The van der Waals surface area contributed by atoms with Crippen LogP contribution in [0.5, 0.6) is 5.88 Å². The van der Waals surface area contributed by atoms with E-state index >= 15 is 0 Å². The van der Waals surface area contributed by atoms with Gasteiger partial charge in [0.05, 0.1) is 11.9 Å². The van der Waals surface area contributed by atoms with Crippen LogP contribution >= 0.6 is 0 Å². The number of rotatable bonds is 6. The normalized spacial score (nSPS) is 11.1. The first-order valence-corrected chi connectivity index (χ1v) is 5.37. The molecule has 0 radical (unpaired) electrons. The molecule has 0 aromatic carbocycles. The molecule has 0 atom stereocenters. The van der Waals surface area contributed by atoms with Crippen molar-refractivity contribution in [2.45, 2.75) is 6.92 Å². The molecule has 3 N–H and O–H groups in total. The van der Waals surface area contributed by atoms with Gasteiger partial charge < -0.3 is 10.2 Å². The summed E-state index contributed by atoms with van der Waals surface area (Å²) in [6.07, 6.45) is 7.83. The van der Waals surface area contributed by atoms with Crippen molar-refractivity contribution in [3.63, 3.8) is 0 Å². The molecule has 0 aliphatic rings. The molecule has 0 amide bonds. The Hall–Kier alpha value is -2.14. The fraction of sp³-hybridized carbons (Fsp3) is 0.154. The Balaban J connectivity index is 2.44. The quantitative estimate of drug-likeness (QED) is 0.462. The van der Waals surface area contributed by atoms with E-state index in [1.165, 1.54) is 6.08 Å². The number of hydrogen-bond donors (Lipinski definition) is 2. The predicted molar refractivity (Wildman–Crippen MR) is 70.8 cm³/mol. The van der Waals surface area contributed by atoms with Crippen LogP contribution in [0.4, 0.5) is 10.1 Å². The first-order valence-electron chi connectivity index (χ1n) is 5.37. The summed E-state index contributed by atoms with van der Waals surface area (Å²) in [7, 11) is 0. The Morgan fingerprint density at radius 2 is 2.39 bits per heavy atom. The van der Waals surface area contributed by atoms with Crippen LogP contribution < -0.4 is 16.0 Å². The van der Waals surface area contributed by atoms with E-state index < -0.39 is 5.83 Å². The second-order valence-electron chi connectivity index (χ2n) is 3.53. The minimum absolute atomic E-state index is 0.352. The number of hydrazine groups is 1. The fourth-order valence-electron chi connectivity index (χ4n) is 1.19. The molecule has 1 aromatic rings. The highest BCUT2D eigenvalue weighted by Crippen LogP contribution is 2.16. The summed E-state index contributed by atoms with van der Waals surface area (Å²) in [6.45, 7) is 5.35. The lowest BCUT2D eigenvalue weighted by Gasteiger charge is -2.06. The number of halogens is 1. The van der Waals surface area contributed by atoms with Crippen molar-refractivity contribution in [2.24, 2.45) is 5.84 Å². The number of ether oxygens (including phenoxy) is 1. The van der Waals surface area contributed by atoms with Crippen molar-refractivity contribution < 1.29 is 9.13 Å². The van der Waals surface area contributed by atoms with Gasteiger partial charge in [-0.05, 0) is 24.6 Å². The van der Waals surface area contributed by atoms with E-state index in [1.807, 2.05) is 6.92 Å². The number of allylic oxidation sites excluding steroid dienone is 4. The molecule has 1 rings (SSSR count). The molecular formula is C13H16FN3O. The minimum Gasteiger partial charge on any atom is -0.473 e. The summed E-state index contributed by atoms with van der Waals surface area (Å²) in [6, 6.07) is 1.78. The summed E-state index contributed by atoms with van der Waals surface area (Å²) in [5, 5.41) is 0. The van der Waals surface area contributed by atoms with E-state index in [-0.39, 0.29) is 0 Å². The zero-order valence-corrected chi connectivity index (χ0v) is 10.2. The minimum atomic E-state index is -0.484. The first-order chi connectivity index (χ1) is 8.63. The predicted octanol–water partition coefficient (Wildman–Crippen LogP) is 2.65. The molecule has 5 heteroatoms. The molecule has 0 saturated heterocycles. The standard InChI is InChI=1S/C13H16FN3O/c1-10-8-13(16-9-12(10)17-15)18-7-5-3-4-6-11(2)14/h3-6,8-9,17H,2,7,15H2,1H3/b5-3-,6-4-. The van der Waals surface area contributed by atoms with Crippen molar-refractivity contribution in [3.8, 4) is 5.88 Å². The molecule has 1 aromatic heterocycles. The number of hydrogen-bond acceptors (Lipinski definition) is 4. The van der Waals surface area contributed by atoms with Crippen LogP contribution in [0.25, 0.3) is 0 Å². The maximum atomic E-state index is 12.2. The summed E-state index contributed by atoms with van der Waals surface area (Å²) in [5.41, 5.74) is 4.23. The third kappa shape index (κ3) is 4.80. The molecular weight excluding hydrogens is 233 g/mol. The lowest BCUT2D eigenvalue weighted by atomic mass is 10.2. The van der Waals surface area contributed by atoms with Gasteiger partial charge >= 0.3 is 0 Å². The number of aromatic nitrogens is 1. The van der Waals surface area contributed by atoms with Gasteiger partial charge in [-0.3, -0.25) is 5.84 Å². The van der Waals surface area contributed by atoms with Crippen LogP contribution in [0.3, 0.4) is 0 Å². The number of pyridine rings is 1. The number of aryl methyl sites for hydroxylation is 1. The number of nitrogen functional groups attached to an aromatic ring is 1. The van der Waals surface area contributed by atoms with E-state index in [4.69, 9.17) is 10.6 Å². The number of nitrogens with one attached hydrogen (secondary N) is 1. The van der Waals surface area contributed by atoms with Crippen LogP contribution in [-0.2, 0) is 0 Å². The smallest absolute Gasteiger partial charge is 0.213 e. The van der Waals surface area contributed by atoms with Crippen LogP contribution in [0.15, 0.2) is 49.0 Å². The largest absolute Gasteiger partial charge is 0.473 e. The molecule has 0 unspecified atom stereocenters. The van der Waals surface area contributed by atoms with Gasteiger partial charge in [-0.15, -0.1) is 0 Å². The van der Waals surface area contributed by atoms with Crippen molar-refractivity contribution >= 4 is 5.69 Å². The van der Waals surface area contributed by atoms with Gasteiger partial charge in [-0.1, -0.05) is 18.7 Å². The van der Waals surface area contributed by atoms with E-state index in [0.717, 1.165) is 11.3 Å². The summed E-state index contributed by atoms with van der Waals surface area (Å²) in [5.74, 6) is 5.32. The lowest BCUT2D eigenvalue weighted by molar-refractivity contribution is 0.348. The maximum absolute atomic E-state index is 12.2. The zero-order chi connectivity index (χ0) is 13.4. The van der Waals surface area contributed by atoms with E-state index in [1.54, 1.807) is 30.5 Å². The number of nitrogens with two attached hydrogens (primary N) is 1. The number of anilines is 1. The molecule has 4 nitrogen and oxygen atoms in total. The Morgan fingerprint density at radius 1 is 1.61 bits per heavy atom. The Bertz CT molecular complexity index is 469. The Kier molecular flexibility index (Phi) is 5.60. The highest BCUT2D eigenvalue weighted by Gasteiger charge is 1.99. The second kappa shape index (κ2) is 7.24. The number of nitrogens with zero attached hydrogens (tertiary/aromatic N) is 1. The molecule has 0 saturated carbocycles. The maximum Gasteiger partial charge on any atom is 0.213 e. The van der Waals surface area contributed by atoms with Gasteiger partial charge in [0.15, 0.2) is 0 Å². The van der Waals surface area contributed by atoms with Gasteiger partial charge in [0, 0.05) is 6.07 Å². The van der Waals surface area contributed by atoms with Gasteiger partial charge in [0.1, 0.15) is 12.4 Å². The molecule has 0 spiro atoms. The van der Waals surface area contributed by atoms with Gasteiger partial charge in [-0.25, -0.2) is 9.37 Å². The van der Waals surface area contributed by atoms with Crippen LogP contribution in [0.1, 0.15) is 5.56 Å². The molecule has 1 heterocycles. The van der Waals surface area contributed by atoms with E-state index in [9.17, 15) is 4.39 Å². The topological polar surface area (TPSA) is 60.2 Å². The Labute approximate surface area is 106 Å². The van der Waals surface area contributed by atoms with Crippen molar-refractivity contribution in [2.75, 3.05) is 12.0 Å². The molecule has 0 aliphatic heterocycles. The van der Waals surface area contributed by atoms with E-state index in [0.29, 0.717) is 12.5 Å². The lowest BCUT2D eigenvalue weighted by Crippen LogP contribution is -2.08. The van der Waals surface area contributed by atoms with Crippen LogP contribution in [-0.4, -0.2) is 11.6 Å². The Morgan fingerprint density at radius 3 is 3.00 bits per heavy atom. The third-order valence-electron chi connectivity index (χ3n) is 2.09. The molecule has 18 heavy (non-hydrogen) atoms. The van der Waals surface area contributed by atoms with Crippen LogP contribution in [0.2, 0.25) is 0 Å². The first kappa shape index (κ1) is 13.9. The molecule has 0 fully saturated rings. The summed E-state index contributed by atoms with van der Waals surface area (Å²) < 4.78 is 17.6. The zero-order valence-electron chi connectivity index (χ0n) is 10.2. The SMILES string of the molecule is C=C(F)/C=C\C=C/COc1cc(C)c(NN)cn1. The molecule has 0 aliphatic carbocycles. The summed E-state index contributed by atoms with van der Waals surface area (Å²) in [4.78, 5) is 4.07. The van der Waals surface area contributed by atoms with Gasteiger partial charge in [0.2, 0.25) is 5.88 Å². The fourth-order valence-corrected chi connectivity index (χ4v) is 1.19. The second-order valence-corrected chi connectivity index (χ2v) is 3.53. The third-order valence-corrected chi connectivity index (χ3v) is 2.09. The van der Waals surface area contributed by atoms with Crippen molar-refractivity contribution in [1.82, 2.24) is 4.98 Å². The molecule has 0 bridgehead atoms.